The number of carbonyl (C=O) groups is 1. The smallest absolute Gasteiger partial charge is 0.229 e. The zero-order chi connectivity index (χ0) is 13.5. The summed E-state index contributed by atoms with van der Waals surface area (Å²) in [7, 11) is 0. The Morgan fingerprint density at radius 3 is 2.95 bits per heavy atom. The van der Waals surface area contributed by atoms with Crippen molar-refractivity contribution in [2.24, 2.45) is 17.8 Å². The Bertz CT molecular complexity index is 527. The van der Waals surface area contributed by atoms with Crippen molar-refractivity contribution >= 4 is 11.6 Å². The van der Waals surface area contributed by atoms with E-state index in [-0.39, 0.29) is 11.8 Å². The molecule has 3 nitrogen and oxygen atoms in total. The second-order valence-corrected chi connectivity index (χ2v) is 6.70. The Morgan fingerprint density at radius 1 is 1.25 bits per heavy atom. The summed E-state index contributed by atoms with van der Waals surface area (Å²) in [4.78, 5) is 12.4. The molecule has 2 N–H and O–H groups in total. The molecular formula is C17H22N2O. The van der Waals surface area contributed by atoms with Crippen LogP contribution in [0.25, 0.3) is 0 Å². The van der Waals surface area contributed by atoms with Gasteiger partial charge in [0.05, 0.1) is 5.92 Å². The van der Waals surface area contributed by atoms with Gasteiger partial charge in [0, 0.05) is 18.8 Å². The Morgan fingerprint density at radius 2 is 2.15 bits per heavy atom. The number of carbonyl (C=O) groups excluding carboxylic acids is 1. The fraction of sp³-hybridized carbons (Fsp3) is 0.588. The molecule has 2 saturated carbocycles. The van der Waals surface area contributed by atoms with E-state index in [0.29, 0.717) is 0 Å². The van der Waals surface area contributed by atoms with Crippen molar-refractivity contribution in [3.05, 3.63) is 29.8 Å². The normalized spacial score (nSPS) is 33.8. The first-order valence-electron chi connectivity index (χ1n) is 7.92. The minimum atomic E-state index is -0.00945. The van der Waals surface area contributed by atoms with Crippen LogP contribution in [0.4, 0.5) is 5.69 Å². The Kier molecular flexibility index (Phi) is 2.94. The van der Waals surface area contributed by atoms with Gasteiger partial charge in [-0.05, 0) is 48.6 Å². The maximum Gasteiger partial charge on any atom is 0.229 e. The van der Waals surface area contributed by atoms with E-state index in [0.717, 1.165) is 42.1 Å². The zero-order valence-corrected chi connectivity index (χ0v) is 11.8. The molecule has 1 aliphatic heterocycles. The lowest BCUT2D eigenvalue weighted by Crippen LogP contribution is -2.35. The fourth-order valence-electron chi connectivity index (χ4n) is 4.50. The van der Waals surface area contributed by atoms with Crippen LogP contribution in [0.15, 0.2) is 24.3 Å². The quantitative estimate of drug-likeness (QED) is 0.886. The number of para-hydroxylation sites is 1. The largest absolute Gasteiger partial charge is 0.384 e. The second kappa shape index (κ2) is 4.80. The maximum absolute atomic E-state index is 12.4. The average molecular weight is 270 g/mol. The molecule has 0 aromatic heterocycles. The van der Waals surface area contributed by atoms with E-state index in [1.165, 1.54) is 25.7 Å². The number of hydrogen-bond donors (Lipinski definition) is 2. The first-order valence-corrected chi connectivity index (χ1v) is 7.92. The molecule has 106 valence electrons. The molecule has 4 rings (SSSR count). The Balaban J connectivity index is 1.37. The highest BCUT2D eigenvalue weighted by atomic mass is 16.1. The van der Waals surface area contributed by atoms with Crippen LogP contribution < -0.4 is 10.6 Å². The van der Waals surface area contributed by atoms with Gasteiger partial charge in [-0.15, -0.1) is 0 Å². The lowest BCUT2D eigenvalue weighted by atomic mass is 9.88. The molecule has 1 heterocycles. The number of hydrogen-bond acceptors (Lipinski definition) is 2. The summed E-state index contributed by atoms with van der Waals surface area (Å²) < 4.78 is 0. The van der Waals surface area contributed by atoms with Crippen molar-refractivity contribution in [3.63, 3.8) is 0 Å². The molecule has 3 aliphatic rings. The molecular weight excluding hydrogens is 248 g/mol. The topological polar surface area (TPSA) is 41.1 Å². The van der Waals surface area contributed by atoms with Crippen LogP contribution in [-0.2, 0) is 4.79 Å². The Labute approximate surface area is 120 Å². The van der Waals surface area contributed by atoms with Gasteiger partial charge in [0.1, 0.15) is 0 Å². The highest BCUT2D eigenvalue weighted by molar-refractivity contribution is 5.88. The maximum atomic E-state index is 12.4. The number of benzene rings is 1. The lowest BCUT2D eigenvalue weighted by molar-refractivity contribution is -0.122. The lowest BCUT2D eigenvalue weighted by Gasteiger charge is -2.22. The molecule has 1 aromatic carbocycles. The van der Waals surface area contributed by atoms with Gasteiger partial charge in [-0.3, -0.25) is 4.79 Å². The second-order valence-electron chi connectivity index (χ2n) is 6.70. The van der Waals surface area contributed by atoms with Gasteiger partial charge in [-0.25, -0.2) is 0 Å². The zero-order valence-electron chi connectivity index (χ0n) is 11.8. The van der Waals surface area contributed by atoms with E-state index < -0.39 is 0 Å². The van der Waals surface area contributed by atoms with E-state index >= 15 is 0 Å². The number of anilines is 1. The van der Waals surface area contributed by atoms with Crippen molar-refractivity contribution < 1.29 is 4.79 Å². The predicted molar refractivity (Wildman–Crippen MR) is 79.6 cm³/mol. The van der Waals surface area contributed by atoms with Crippen molar-refractivity contribution in [1.82, 2.24) is 5.32 Å². The van der Waals surface area contributed by atoms with Gasteiger partial charge in [0.2, 0.25) is 5.91 Å². The van der Waals surface area contributed by atoms with Crippen LogP contribution in [0.3, 0.4) is 0 Å². The molecule has 2 fully saturated rings. The van der Waals surface area contributed by atoms with Crippen molar-refractivity contribution in [1.29, 1.82) is 0 Å². The molecule has 20 heavy (non-hydrogen) atoms. The number of nitrogens with one attached hydrogen (secondary N) is 2. The molecule has 4 unspecified atom stereocenters. The van der Waals surface area contributed by atoms with E-state index in [2.05, 4.69) is 22.8 Å². The van der Waals surface area contributed by atoms with Crippen LogP contribution in [0, 0.1) is 17.8 Å². The van der Waals surface area contributed by atoms with Gasteiger partial charge >= 0.3 is 0 Å². The minimum Gasteiger partial charge on any atom is -0.384 e. The average Bonchev–Trinajstić information content (AvgIpc) is 3.19. The van der Waals surface area contributed by atoms with E-state index in [1.807, 2.05) is 12.1 Å². The summed E-state index contributed by atoms with van der Waals surface area (Å²) >= 11 is 0. The number of rotatable bonds is 3. The highest BCUT2D eigenvalue weighted by Gasteiger charge is 2.39. The van der Waals surface area contributed by atoms with Gasteiger partial charge in [-0.2, -0.15) is 0 Å². The molecule has 2 aliphatic carbocycles. The highest BCUT2D eigenvalue weighted by Crippen LogP contribution is 2.48. The first-order chi connectivity index (χ1) is 9.81. The SMILES string of the molecule is O=C(NCC1CC2CCC1C2)C1CNc2ccccc21. The molecule has 0 radical (unpaired) electrons. The molecule has 2 bridgehead atoms. The fourth-order valence-corrected chi connectivity index (χ4v) is 4.50. The Hall–Kier alpha value is -1.51. The summed E-state index contributed by atoms with van der Waals surface area (Å²) in [6.07, 6.45) is 5.56. The molecule has 0 saturated heterocycles. The van der Waals surface area contributed by atoms with Crippen LogP contribution >= 0.6 is 0 Å². The summed E-state index contributed by atoms with van der Waals surface area (Å²) in [6, 6.07) is 8.15. The van der Waals surface area contributed by atoms with Crippen molar-refractivity contribution in [3.8, 4) is 0 Å². The minimum absolute atomic E-state index is 0.00945. The summed E-state index contributed by atoms with van der Waals surface area (Å²) in [5.41, 5.74) is 2.27. The summed E-state index contributed by atoms with van der Waals surface area (Å²) in [5, 5.41) is 6.54. The molecule has 1 amide bonds. The molecule has 3 heteroatoms. The first kappa shape index (κ1) is 12.2. The van der Waals surface area contributed by atoms with Crippen molar-refractivity contribution in [2.45, 2.75) is 31.6 Å². The van der Waals surface area contributed by atoms with Crippen LogP contribution in [0.2, 0.25) is 0 Å². The number of fused-ring (bicyclic) bond motifs is 3. The monoisotopic (exact) mass is 270 g/mol. The van der Waals surface area contributed by atoms with E-state index in [1.54, 1.807) is 0 Å². The van der Waals surface area contributed by atoms with Gasteiger partial charge < -0.3 is 10.6 Å². The standard InChI is InChI=1S/C17H22N2O/c20-17(15-10-18-16-4-2-1-3-14(15)16)19-9-13-8-11-5-6-12(13)7-11/h1-4,11-13,15,18H,5-10H2,(H,19,20). The number of amides is 1. The van der Waals surface area contributed by atoms with Crippen LogP contribution in [0.1, 0.15) is 37.2 Å². The predicted octanol–water partition coefficient (Wildman–Crippen LogP) is 2.75. The molecule has 4 atom stereocenters. The van der Waals surface area contributed by atoms with Gasteiger partial charge in [0.15, 0.2) is 0 Å². The summed E-state index contributed by atoms with van der Waals surface area (Å²) in [6.45, 7) is 1.63. The van der Waals surface area contributed by atoms with Crippen LogP contribution in [-0.4, -0.2) is 19.0 Å². The molecule has 1 aromatic rings. The van der Waals surface area contributed by atoms with Crippen LogP contribution in [0.5, 0.6) is 0 Å². The third kappa shape index (κ3) is 2.00. The molecule has 0 spiro atoms. The third-order valence-corrected chi connectivity index (χ3v) is 5.57. The van der Waals surface area contributed by atoms with Gasteiger partial charge in [0.25, 0.3) is 0 Å². The van der Waals surface area contributed by atoms with E-state index in [4.69, 9.17) is 0 Å². The van der Waals surface area contributed by atoms with E-state index in [9.17, 15) is 4.79 Å². The third-order valence-electron chi connectivity index (χ3n) is 5.57. The van der Waals surface area contributed by atoms with Crippen molar-refractivity contribution in [2.75, 3.05) is 18.4 Å². The summed E-state index contributed by atoms with van der Waals surface area (Å²) in [5.74, 6) is 2.77. The van der Waals surface area contributed by atoms with Gasteiger partial charge in [-0.1, -0.05) is 24.6 Å².